The van der Waals surface area contributed by atoms with Crippen LogP contribution in [-0.2, 0) is 13.2 Å². The Hall–Kier alpha value is -3.57. The van der Waals surface area contributed by atoms with E-state index in [1.54, 1.807) is 43.3 Å². The minimum atomic E-state index is -4.71. The number of piperidine rings is 1. The molecule has 4 rings (SSSR count). The van der Waals surface area contributed by atoms with Crippen LogP contribution in [0.3, 0.4) is 0 Å². The molecular formula is C21H22F3N5O4. The lowest BCUT2D eigenvalue weighted by Crippen LogP contribution is -2.40. The summed E-state index contributed by atoms with van der Waals surface area (Å²) in [6.45, 7) is 0.625. The molecule has 0 aliphatic carbocycles. The van der Waals surface area contributed by atoms with Crippen LogP contribution < -0.4 is 9.47 Å². The summed E-state index contributed by atoms with van der Waals surface area (Å²) >= 11 is 0. The zero-order chi connectivity index (χ0) is 23.8. The van der Waals surface area contributed by atoms with Gasteiger partial charge in [0.05, 0.1) is 25.8 Å². The van der Waals surface area contributed by atoms with E-state index >= 15 is 0 Å². The number of ether oxygens (including phenoxy) is 2. The fourth-order valence-electron chi connectivity index (χ4n) is 3.85. The van der Waals surface area contributed by atoms with Gasteiger partial charge in [-0.3, -0.25) is 9.48 Å². The fraction of sp³-hybridized carbons (Fsp3) is 0.429. The summed E-state index contributed by atoms with van der Waals surface area (Å²) in [6, 6.07) is 6.92. The number of amides is 1. The Balaban J connectivity index is 1.56. The third kappa shape index (κ3) is 4.50. The van der Waals surface area contributed by atoms with Crippen molar-refractivity contribution in [2.75, 3.05) is 27.3 Å². The Morgan fingerprint density at radius 3 is 2.64 bits per heavy atom. The third-order valence-corrected chi connectivity index (χ3v) is 5.52. The average molecular weight is 465 g/mol. The molecule has 1 aliphatic rings. The lowest BCUT2D eigenvalue weighted by Gasteiger charge is -2.31. The number of carbonyl (C=O) groups excluding carboxylic acids is 1. The molecule has 33 heavy (non-hydrogen) atoms. The fourth-order valence-corrected chi connectivity index (χ4v) is 3.85. The van der Waals surface area contributed by atoms with Crippen molar-refractivity contribution in [1.29, 1.82) is 0 Å². The number of aromatic nitrogens is 4. The zero-order valence-electron chi connectivity index (χ0n) is 18.2. The Morgan fingerprint density at radius 1 is 1.18 bits per heavy atom. The van der Waals surface area contributed by atoms with E-state index in [1.807, 2.05) is 0 Å². The number of aryl methyl sites for hydroxylation is 1. The number of alkyl halides is 3. The molecular weight excluding hydrogens is 443 g/mol. The highest BCUT2D eigenvalue weighted by atomic mass is 19.4. The molecule has 1 amide bonds. The maximum absolute atomic E-state index is 13.2. The molecule has 2 aromatic heterocycles. The summed E-state index contributed by atoms with van der Waals surface area (Å²) in [6.07, 6.45) is -3.57. The van der Waals surface area contributed by atoms with Gasteiger partial charge in [0.2, 0.25) is 5.89 Å². The number of halogens is 3. The van der Waals surface area contributed by atoms with Gasteiger partial charge in [0.15, 0.2) is 0 Å². The SMILES string of the molecule is COc1ccc(OC)c(-c2cc(C(=O)N3CCCC(c4nnc(C(F)(F)F)o4)C3)n(C)n2)c1. The second-order valence-corrected chi connectivity index (χ2v) is 7.64. The van der Waals surface area contributed by atoms with Gasteiger partial charge in [0.25, 0.3) is 5.91 Å². The first kappa shape index (κ1) is 22.6. The van der Waals surface area contributed by atoms with E-state index in [1.165, 1.54) is 11.8 Å². The number of hydrogen-bond donors (Lipinski definition) is 0. The molecule has 12 heteroatoms. The first-order valence-corrected chi connectivity index (χ1v) is 10.2. The minimum absolute atomic E-state index is 0.119. The van der Waals surface area contributed by atoms with Crippen LogP contribution in [0.5, 0.6) is 11.5 Å². The average Bonchev–Trinajstić information content (AvgIpc) is 3.45. The van der Waals surface area contributed by atoms with Gasteiger partial charge in [-0.15, -0.1) is 10.2 Å². The van der Waals surface area contributed by atoms with Crippen molar-refractivity contribution in [2.45, 2.75) is 24.9 Å². The molecule has 1 aromatic carbocycles. The summed E-state index contributed by atoms with van der Waals surface area (Å²) in [7, 11) is 4.74. The predicted octanol–water partition coefficient (Wildman–Crippen LogP) is 3.53. The molecule has 1 aliphatic heterocycles. The van der Waals surface area contributed by atoms with Crippen LogP contribution in [0.25, 0.3) is 11.3 Å². The van der Waals surface area contributed by atoms with Crippen molar-refractivity contribution in [3.05, 3.63) is 41.7 Å². The van der Waals surface area contributed by atoms with Crippen LogP contribution in [0, 0.1) is 0 Å². The van der Waals surface area contributed by atoms with Gasteiger partial charge in [0, 0.05) is 25.7 Å². The number of hydrogen-bond acceptors (Lipinski definition) is 7. The number of nitrogens with zero attached hydrogens (tertiary/aromatic N) is 5. The third-order valence-electron chi connectivity index (χ3n) is 5.52. The summed E-state index contributed by atoms with van der Waals surface area (Å²) in [5.41, 5.74) is 1.52. The van der Waals surface area contributed by atoms with Crippen molar-refractivity contribution in [2.24, 2.45) is 7.05 Å². The largest absolute Gasteiger partial charge is 0.497 e. The first-order valence-electron chi connectivity index (χ1n) is 10.2. The Bertz CT molecular complexity index is 1160. The van der Waals surface area contributed by atoms with Gasteiger partial charge in [-0.2, -0.15) is 18.3 Å². The van der Waals surface area contributed by atoms with Gasteiger partial charge in [0.1, 0.15) is 17.2 Å². The van der Waals surface area contributed by atoms with E-state index in [4.69, 9.17) is 13.9 Å². The van der Waals surface area contributed by atoms with Crippen molar-refractivity contribution < 1.29 is 31.9 Å². The normalized spacial score (nSPS) is 16.7. The lowest BCUT2D eigenvalue weighted by atomic mass is 9.97. The molecule has 0 spiro atoms. The quantitative estimate of drug-likeness (QED) is 0.569. The predicted molar refractivity (Wildman–Crippen MR) is 109 cm³/mol. The van der Waals surface area contributed by atoms with Gasteiger partial charge in [-0.05, 0) is 37.1 Å². The highest BCUT2D eigenvalue weighted by molar-refractivity contribution is 5.94. The number of carbonyl (C=O) groups is 1. The molecule has 3 heterocycles. The highest BCUT2D eigenvalue weighted by Crippen LogP contribution is 2.34. The zero-order valence-corrected chi connectivity index (χ0v) is 18.2. The van der Waals surface area contributed by atoms with Crippen LogP contribution in [0.1, 0.15) is 41.0 Å². The van der Waals surface area contributed by atoms with Crippen LogP contribution in [0.2, 0.25) is 0 Å². The Labute approximate surface area is 187 Å². The molecule has 0 saturated carbocycles. The topological polar surface area (TPSA) is 95.5 Å². The van der Waals surface area contributed by atoms with Crippen molar-refractivity contribution >= 4 is 5.91 Å². The first-order chi connectivity index (χ1) is 15.7. The van der Waals surface area contributed by atoms with Gasteiger partial charge < -0.3 is 18.8 Å². The summed E-state index contributed by atoms with van der Waals surface area (Å²) in [5, 5.41) is 11.1. The molecule has 0 N–H and O–H groups in total. The maximum atomic E-state index is 13.2. The van der Waals surface area contributed by atoms with Crippen LogP contribution >= 0.6 is 0 Å². The number of rotatable bonds is 5. The molecule has 1 atom stereocenters. The van der Waals surface area contributed by atoms with E-state index in [0.717, 1.165) is 0 Å². The molecule has 0 bridgehead atoms. The van der Waals surface area contributed by atoms with Crippen LogP contribution in [-0.4, -0.2) is 58.1 Å². The standard InChI is InChI=1S/C21H22F3N5O4/c1-28-16(10-15(27-28)14-9-13(31-2)6-7-17(14)32-3)19(30)29-8-4-5-12(11-29)18-25-26-20(33-18)21(22,23)24/h6-7,9-10,12H,4-5,8,11H2,1-3H3. The van der Waals surface area contributed by atoms with Crippen LogP contribution in [0.4, 0.5) is 13.2 Å². The summed E-state index contributed by atoms with van der Waals surface area (Å²) < 4.78 is 55.4. The van der Waals surface area contributed by atoms with Crippen molar-refractivity contribution in [3.8, 4) is 22.8 Å². The maximum Gasteiger partial charge on any atom is 0.470 e. The second kappa shape index (κ2) is 8.75. The molecule has 3 aromatic rings. The monoisotopic (exact) mass is 465 g/mol. The van der Waals surface area contributed by atoms with E-state index in [-0.39, 0.29) is 18.3 Å². The van der Waals surface area contributed by atoms with Crippen molar-refractivity contribution in [3.63, 3.8) is 0 Å². The summed E-state index contributed by atoms with van der Waals surface area (Å²) in [4.78, 5) is 14.8. The minimum Gasteiger partial charge on any atom is -0.497 e. The molecule has 1 fully saturated rings. The molecule has 0 radical (unpaired) electrons. The lowest BCUT2D eigenvalue weighted by molar-refractivity contribution is -0.157. The van der Waals surface area contributed by atoms with Crippen molar-refractivity contribution in [1.82, 2.24) is 24.9 Å². The van der Waals surface area contributed by atoms with Gasteiger partial charge in [-0.1, -0.05) is 0 Å². The second-order valence-electron chi connectivity index (χ2n) is 7.64. The Kier molecular flexibility index (Phi) is 6.00. The van der Waals surface area contributed by atoms with Gasteiger partial charge in [-0.25, -0.2) is 0 Å². The van der Waals surface area contributed by atoms with Crippen LogP contribution in [0.15, 0.2) is 28.7 Å². The van der Waals surface area contributed by atoms with E-state index < -0.39 is 18.0 Å². The molecule has 9 nitrogen and oxygen atoms in total. The number of methoxy groups -OCH3 is 2. The Morgan fingerprint density at radius 2 is 1.97 bits per heavy atom. The highest BCUT2D eigenvalue weighted by Gasteiger charge is 2.39. The number of likely N-dealkylation sites (tertiary alicyclic amines) is 1. The smallest absolute Gasteiger partial charge is 0.470 e. The van der Waals surface area contributed by atoms with E-state index in [9.17, 15) is 18.0 Å². The molecule has 176 valence electrons. The molecule has 1 unspecified atom stereocenters. The van der Waals surface area contributed by atoms with Gasteiger partial charge >= 0.3 is 12.1 Å². The van der Waals surface area contributed by atoms with E-state index in [0.29, 0.717) is 47.8 Å². The molecule has 1 saturated heterocycles. The van der Waals surface area contributed by atoms with E-state index in [2.05, 4.69) is 15.3 Å². The summed E-state index contributed by atoms with van der Waals surface area (Å²) in [5.74, 6) is -1.09. The number of benzene rings is 1.